The van der Waals surface area contributed by atoms with Crippen LogP contribution < -0.4 is 9.62 Å². The quantitative estimate of drug-likeness (QED) is 0.704. The number of para-hydroxylation sites is 1. The fourth-order valence-corrected chi connectivity index (χ4v) is 3.21. The van der Waals surface area contributed by atoms with Crippen molar-refractivity contribution in [2.24, 2.45) is 0 Å². The molecule has 2 aromatic carbocycles. The van der Waals surface area contributed by atoms with E-state index in [1.165, 1.54) is 6.07 Å². The number of ether oxygens (including phenoxy) is 1. The highest BCUT2D eigenvalue weighted by atomic mass is 32.2. The van der Waals surface area contributed by atoms with Gasteiger partial charge in [0.15, 0.2) is 6.61 Å². The van der Waals surface area contributed by atoms with Gasteiger partial charge in [-0.15, -0.1) is 0 Å². The van der Waals surface area contributed by atoms with Crippen LogP contribution in [0, 0.1) is 18.6 Å². The minimum atomic E-state index is -3.79. The number of benzene rings is 2. The summed E-state index contributed by atoms with van der Waals surface area (Å²) in [6.45, 7) is 0.284. The largest absolute Gasteiger partial charge is 0.454 e. The monoisotopic (exact) mass is 412 g/mol. The highest BCUT2D eigenvalue weighted by Crippen LogP contribution is 2.22. The van der Waals surface area contributed by atoms with Gasteiger partial charge in [-0.1, -0.05) is 18.2 Å². The van der Waals surface area contributed by atoms with Crippen LogP contribution in [-0.4, -0.2) is 39.7 Å². The highest BCUT2D eigenvalue weighted by molar-refractivity contribution is 7.92. The zero-order valence-electron chi connectivity index (χ0n) is 15.1. The summed E-state index contributed by atoms with van der Waals surface area (Å²) in [5.74, 6) is -3.62. The Morgan fingerprint density at radius 1 is 1.14 bits per heavy atom. The van der Waals surface area contributed by atoms with E-state index in [4.69, 9.17) is 4.74 Å². The summed E-state index contributed by atoms with van der Waals surface area (Å²) < 4.78 is 56.0. The molecule has 2 rings (SSSR count). The Labute approximate surface area is 161 Å². The van der Waals surface area contributed by atoms with Gasteiger partial charge in [0, 0.05) is 6.07 Å². The van der Waals surface area contributed by atoms with Crippen molar-refractivity contribution in [3.63, 3.8) is 0 Å². The molecular weight excluding hydrogens is 394 g/mol. The van der Waals surface area contributed by atoms with Crippen molar-refractivity contribution in [1.29, 1.82) is 0 Å². The van der Waals surface area contributed by atoms with E-state index < -0.39 is 46.7 Å². The van der Waals surface area contributed by atoms with Crippen molar-refractivity contribution in [2.75, 3.05) is 29.0 Å². The van der Waals surface area contributed by atoms with E-state index >= 15 is 0 Å². The van der Waals surface area contributed by atoms with E-state index in [2.05, 4.69) is 5.32 Å². The third kappa shape index (κ3) is 5.74. The van der Waals surface area contributed by atoms with Gasteiger partial charge in [-0.3, -0.25) is 13.9 Å². The number of carbonyl (C=O) groups excluding carboxylic acids is 2. The smallest absolute Gasteiger partial charge is 0.327 e. The van der Waals surface area contributed by atoms with Crippen molar-refractivity contribution in [2.45, 2.75) is 6.92 Å². The van der Waals surface area contributed by atoms with E-state index in [0.717, 1.165) is 22.7 Å². The number of hydrogen-bond donors (Lipinski definition) is 1. The summed E-state index contributed by atoms with van der Waals surface area (Å²) in [5.41, 5.74) is 0.658. The lowest BCUT2D eigenvalue weighted by Gasteiger charge is -2.23. The molecule has 0 spiro atoms. The SMILES string of the molecule is Cc1ccccc1N(CC(=O)OCC(=O)Nc1ccc(F)cc1F)S(C)(=O)=O. The number of amides is 1. The van der Waals surface area contributed by atoms with Crippen LogP contribution in [0.25, 0.3) is 0 Å². The maximum absolute atomic E-state index is 13.5. The first-order chi connectivity index (χ1) is 13.1. The molecule has 0 heterocycles. The maximum atomic E-state index is 13.5. The average Bonchev–Trinajstić information content (AvgIpc) is 2.60. The second kappa shape index (κ2) is 8.79. The molecular formula is C18H18F2N2O5S. The number of sulfonamides is 1. The molecule has 1 amide bonds. The van der Waals surface area contributed by atoms with Crippen LogP contribution in [0.4, 0.5) is 20.2 Å². The molecule has 0 aliphatic rings. The summed E-state index contributed by atoms with van der Waals surface area (Å²) in [6, 6.07) is 9.13. The number of nitrogens with one attached hydrogen (secondary N) is 1. The molecule has 0 atom stereocenters. The molecule has 0 aliphatic carbocycles. The summed E-state index contributed by atoms with van der Waals surface area (Å²) in [6.07, 6.45) is 0.941. The molecule has 0 radical (unpaired) electrons. The first-order valence-electron chi connectivity index (χ1n) is 8.02. The van der Waals surface area contributed by atoms with Gasteiger partial charge in [0.25, 0.3) is 5.91 Å². The Kier molecular flexibility index (Phi) is 6.68. The third-order valence-corrected chi connectivity index (χ3v) is 4.75. The van der Waals surface area contributed by atoms with Gasteiger partial charge in [-0.2, -0.15) is 0 Å². The Hall–Kier alpha value is -3.01. The van der Waals surface area contributed by atoms with Crippen LogP contribution in [0.1, 0.15) is 5.56 Å². The number of carbonyl (C=O) groups is 2. The summed E-state index contributed by atoms with van der Waals surface area (Å²) in [5, 5.41) is 2.13. The lowest BCUT2D eigenvalue weighted by atomic mass is 10.2. The van der Waals surface area contributed by atoms with Gasteiger partial charge in [0.1, 0.15) is 18.2 Å². The zero-order valence-corrected chi connectivity index (χ0v) is 15.9. The van der Waals surface area contributed by atoms with Crippen molar-refractivity contribution >= 4 is 33.3 Å². The Bertz CT molecular complexity index is 995. The molecule has 2 aromatic rings. The van der Waals surface area contributed by atoms with E-state index in [-0.39, 0.29) is 5.69 Å². The van der Waals surface area contributed by atoms with Crippen LogP contribution in [0.3, 0.4) is 0 Å². The van der Waals surface area contributed by atoms with Crippen LogP contribution in [0.15, 0.2) is 42.5 Å². The standard InChI is InChI=1S/C18H18F2N2O5S/c1-12-5-3-4-6-16(12)22(28(2,25)26)10-18(24)27-11-17(23)21-15-8-7-13(19)9-14(15)20/h3-9H,10-11H2,1-2H3,(H,21,23). The molecule has 150 valence electrons. The van der Waals surface area contributed by atoms with Crippen LogP contribution >= 0.6 is 0 Å². The average molecular weight is 412 g/mol. The molecule has 0 fully saturated rings. The second-order valence-electron chi connectivity index (χ2n) is 5.89. The molecule has 0 saturated heterocycles. The topological polar surface area (TPSA) is 92.8 Å². The van der Waals surface area contributed by atoms with Gasteiger partial charge in [0.05, 0.1) is 17.6 Å². The van der Waals surface area contributed by atoms with Crippen molar-refractivity contribution in [3.05, 3.63) is 59.7 Å². The van der Waals surface area contributed by atoms with Crippen molar-refractivity contribution in [3.8, 4) is 0 Å². The first kappa shape index (κ1) is 21.3. The van der Waals surface area contributed by atoms with Gasteiger partial charge in [-0.25, -0.2) is 17.2 Å². The number of nitrogens with zero attached hydrogens (tertiary/aromatic N) is 1. The van der Waals surface area contributed by atoms with E-state index in [9.17, 15) is 26.8 Å². The van der Waals surface area contributed by atoms with Crippen molar-refractivity contribution in [1.82, 2.24) is 0 Å². The fraction of sp³-hybridized carbons (Fsp3) is 0.222. The van der Waals surface area contributed by atoms with Crippen LogP contribution in [-0.2, 0) is 24.3 Å². The normalized spacial score (nSPS) is 11.0. The fourth-order valence-electron chi connectivity index (χ4n) is 2.31. The molecule has 0 unspecified atom stereocenters. The van der Waals surface area contributed by atoms with Gasteiger partial charge in [-0.05, 0) is 30.7 Å². The number of halogens is 2. The Morgan fingerprint density at radius 3 is 2.43 bits per heavy atom. The molecule has 0 saturated carbocycles. The lowest BCUT2D eigenvalue weighted by Crippen LogP contribution is -2.37. The van der Waals surface area contributed by atoms with Gasteiger partial charge >= 0.3 is 5.97 Å². The number of aryl methyl sites for hydroxylation is 1. The van der Waals surface area contributed by atoms with E-state index in [0.29, 0.717) is 17.3 Å². The lowest BCUT2D eigenvalue weighted by molar-refractivity contribution is -0.145. The summed E-state index contributed by atoms with van der Waals surface area (Å²) in [7, 11) is -3.79. The molecule has 0 aliphatic heterocycles. The summed E-state index contributed by atoms with van der Waals surface area (Å²) >= 11 is 0. The van der Waals surface area contributed by atoms with Gasteiger partial charge in [0.2, 0.25) is 10.0 Å². The van der Waals surface area contributed by atoms with E-state index in [1.54, 1.807) is 25.1 Å². The number of anilines is 2. The second-order valence-corrected chi connectivity index (χ2v) is 7.80. The molecule has 1 N–H and O–H groups in total. The zero-order chi connectivity index (χ0) is 20.9. The Balaban J connectivity index is 1.99. The van der Waals surface area contributed by atoms with Crippen LogP contribution in [0.2, 0.25) is 0 Å². The molecule has 7 nitrogen and oxygen atoms in total. The predicted octanol–water partition coefficient (Wildman–Crippen LogP) is 2.22. The molecule has 0 bridgehead atoms. The predicted molar refractivity (Wildman–Crippen MR) is 99.3 cm³/mol. The maximum Gasteiger partial charge on any atom is 0.327 e. The number of hydrogen-bond acceptors (Lipinski definition) is 5. The Morgan fingerprint density at radius 2 is 1.82 bits per heavy atom. The molecule has 0 aromatic heterocycles. The van der Waals surface area contributed by atoms with Crippen LogP contribution in [0.5, 0.6) is 0 Å². The van der Waals surface area contributed by atoms with Crippen molar-refractivity contribution < 1.29 is 31.5 Å². The van der Waals surface area contributed by atoms with Gasteiger partial charge < -0.3 is 10.1 Å². The van der Waals surface area contributed by atoms with E-state index in [1.807, 2.05) is 0 Å². The molecule has 10 heteroatoms. The number of rotatable bonds is 7. The summed E-state index contributed by atoms with van der Waals surface area (Å²) in [4.78, 5) is 23.8. The third-order valence-electron chi connectivity index (χ3n) is 3.63. The minimum absolute atomic E-state index is 0.278. The molecule has 28 heavy (non-hydrogen) atoms. The first-order valence-corrected chi connectivity index (χ1v) is 9.86. The highest BCUT2D eigenvalue weighted by Gasteiger charge is 2.23. The number of esters is 1. The minimum Gasteiger partial charge on any atom is -0.454 e.